The molecule has 0 saturated heterocycles. The molecule has 3 rings (SSSR count). The van der Waals surface area contributed by atoms with Gasteiger partial charge in [-0.3, -0.25) is 9.48 Å². The number of hydrogen-bond acceptors (Lipinski definition) is 6. The number of rotatable bonds is 6. The van der Waals surface area contributed by atoms with Crippen LogP contribution in [0.2, 0.25) is 5.02 Å². The molecule has 0 bridgehead atoms. The number of carbonyl (C=O) groups excluding carboxylic acids is 1. The van der Waals surface area contributed by atoms with E-state index in [0.717, 1.165) is 0 Å². The standard InChI is InChI=1S/C20H19ClFN5O3/c1-11(24-18(28)17-10-30-19(25-17)20(2,3)29)9-27-5-4-16(26-27)12-6-14(21)13(8-23)15(22)7-12/h4-7,10-11,29H,9H2,1-3H3,(H,24,28). The molecule has 1 amide bonds. The first-order chi connectivity index (χ1) is 14.1. The number of aliphatic hydroxyl groups is 1. The van der Waals surface area contributed by atoms with E-state index < -0.39 is 17.3 Å². The van der Waals surface area contributed by atoms with Crippen LogP contribution in [0.4, 0.5) is 4.39 Å². The third kappa shape index (κ3) is 4.67. The van der Waals surface area contributed by atoms with Crippen molar-refractivity contribution in [2.24, 2.45) is 0 Å². The second-order valence-electron chi connectivity index (χ2n) is 7.32. The molecule has 10 heteroatoms. The minimum atomic E-state index is -1.29. The average molecular weight is 432 g/mol. The summed E-state index contributed by atoms with van der Waals surface area (Å²) in [6, 6.07) is 5.76. The highest BCUT2D eigenvalue weighted by molar-refractivity contribution is 6.32. The van der Waals surface area contributed by atoms with Gasteiger partial charge in [0.15, 0.2) is 5.69 Å². The zero-order valence-corrected chi connectivity index (χ0v) is 17.2. The molecule has 0 aliphatic rings. The Bertz CT molecular complexity index is 1100. The van der Waals surface area contributed by atoms with Gasteiger partial charge in [0.05, 0.1) is 17.3 Å². The van der Waals surface area contributed by atoms with E-state index in [1.165, 1.54) is 32.2 Å². The Labute approximate surface area is 176 Å². The van der Waals surface area contributed by atoms with E-state index in [2.05, 4.69) is 15.4 Å². The molecule has 1 unspecified atom stereocenters. The largest absolute Gasteiger partial charge is 0.445 e. The first-order valence-electron chi connectivity index (χ1n) is 9.00. The van der Waals surface area contributed by atoms with Crippen LogP contribution in [0.1, 0.15) is 42.7 Å². The Morgan fingerprint density at radius 1 is 1.50 bits per heavy atom. The third-order valence-electron chi connectivity index (χ3n) is 4.19. The Balaban J connectivity index is 1.67. The van der Waals surface area contributed by atoms with Crippen molar-refractivity contribution in [1.29, 1.82) is 5.26 Å². The van der Waals surface area contributed by atoms with Gasteiger partial charge >= 0.3 is 0 Å². The summed E-state index contributed by atoms with van der Waals surface area (Å²) < 4.78 is 20.7. The van der Waals surface area contributed by atoms with E-state index in [-0.39, 0.29) is 28.2 Å². The van der Waals surface area contributed by atoms with Crippen molar-refractivity contribution in [2.75, 3.05) is 0 Å². The molecular formula is C20H19ClFN5O3. The van der Waals surface area contributed by atoms with E-state index in [9.17, 15) is 14.3 Å². The molecule has 0 aliphatic carbocycles. The van der Waals surface area contributed by atoms with Crippen LogP contribution in [0.25, 0.3) is 11.3 Å². The van der Waals surface area contributed by atoms with Crippen molar-refractivity contribution in [3.63, 3.8) is 0 Å². The van der Waals surface area contributed by atoms with Gasteiger partial charge in [0, 0.05) is 17.8 Å². The van der Waals surface area contributed by atoms with Gasteiger partial charge in [-0.15, -0.1) is 0 Å². The molecule has 0 saturated carbocycles. The van der Waals surface area contributed by atoms with Gasteiger partial charge in [0.2, 0.25) is 5.89 Å². The Morgan fingerprint density at radius 2 is 2.23 bits per heavy atom. The molecule has 156 valence electrons. The van der Waals surface area contributed by atoms with Crippen LogP contribution in [0.3, 0.4) is 0 Å². The number of benzene rings is 1. The van der Waals surface area contributed by atoms with Gasteiger partial charge in [0.25, 0.3) is 5.91 Å². The fourth-order valence-corrected chi connectivity index (χ4v) is 2.98. The number of nitrogens with one attached hydrogen (secondary N) is 1. The molecule has 8 nitrogen and oxygen atoms in total. The second kappa shape index (κ2) is 8.26. The number of hydrogen-bond donors (Lipinski definition) is 2. The number of aromatic nitrogens is 3. The smallest absolute Gasteiger partial charge is 0.273 e. The minimum absolute atomic E-state index is 0.0146. The quantitative estimate of drug-likeness (QED) is 0.618. The van der Waals surface area contributed by atoms with Crippen LogP contribution < -0.4 is 5.32 Å². The molecule has 2 N–H and O–H groups in total. The van der Waals surface area contributed by atoms with Gasteiger partial charge in [-0.1, -0.05) is 11.6 Å². The van der Waals surface area contributed by atoms with Crippen molar-refractivity contribution < 1.29 is 18.7 Å². The van der Waals surface area contributed by atoms with Crippen molar-refractivity contribution in [3.8, 4) is 17.3 Å². The number of oxazole rings is 1. The van der Waals surface area contributed by atoms with E-state index in [4.69, 9.17) is 21.3 Å². The van der Waals surface area contributed by atoms with Crippen molar-refractivity contribution >= 4 is 17.5 Å². The molecule has 2 heterocycles. The number of amides is 1. The molecule has 0 fully saturated rings. The summed E-state index contributed by atoms with van der Waals surface area (Å²) in [6.45, 7) is 5.14. The monoisotopic (exact) mass is 431 g/mol. The number of nitrogens with zero attached hydrogens (tertiary/aromatic N) is 4. The first-order valence-corrected chi connectivity index (χ1v) is 9.38. The summed E-state index contributed by atoms with van der Waals surface area (Å²) >= 11 is 5.95. The minimum Gasteiger partial charge on any atom is -0.445 e. The van der Waals surface area contributed by atoms with Gasteiger partial charge in [-0.25, -0.2) is 9.37 Å². The summed E-state index contributed by atoms with van der Waals surface area (Å²) in [5.41, 5.74) is -0.526. The Morgan fingerprint density at radius 3 is 2.83 bits per heavy atom. The van der Waals surface area contributed by atoms with Crippen LogP contribution in [0.5, 0.6) is 0 Å². The molecule has 0 radical (unpaired) electrons. The van der Waals surface area contributed by atoms with Crippen molar-refractivity contribution in [1.82, 2.24) is 20.1 Å². The molecule has 1 atom stereocenters. The lowest BCUT2D eigenvalue weighted by Gasteiger charge is -2.13. The fraction of sp³-hybridized carbons (Fsp3) is 0.300. The summed E-state index contributed by atoms with van der Waals surface area (Å²) in [5, 5.41) is 25.9. The first kappa shape index (κ1) is 21.5. The van der Waals surface area contributed by atoms with E-state index in [1.807, 2.05) is 0 Å². The molecule has 2 aromatic heterocycles. The Hall–Kier alpha value is -3.22. The molecule has 30 heavy (non-hydrogen) atoms. The maximum atomic E-state index is 14.0. The number of nitriles is 1. The number of carbonyl (C=O) groups is 1. The van der Waals surface area contributed by atoms with Gasteiger partial charge in [0.1, 0.15) is 29.3 Å². The maximum Gasteiger partial charge on any atom is 0.273 e. The number of halogens is 2. The van der Waals surface area contributed by atoms with Crippen LogP contribution in [-0.4, -0.2) is 31.8 Å². The van der Waals surface area contributed by atoms with Gasteiger partial charge in [-0.05, 0) is 39.0 Å². The van der Waals surface area contributed by atoms with E-state index in [1.54, 1.807) is 29.9 Å². The summed E-state index contributed by atoms with van der Waals surface area (Å²) in [4.78, 5) is 16.3. The molecule has 0 aliphatic heterocycles. The molecule has 3 aromatic rings. The van der Waals surface area contributed by atoms with Crippen LogP contribution in [-0.2, 0) is 12.1 Å². The second-order valence-corrected chi connectivity index (χ2v) is 7.73. The highest BCUT2D eigenvalue weighted by atomic mass is 35.5. The van der Waals surface area contributed by atoms with Crippen LogP contribution in [0.15, 0.2) is 35.1 Å². The molecular weight excluding hydrogens is 413 g/mol. The predicted octanol–water partition coefficient (Wildman–Crippen LogP) is 3.25. The fourth-order valence-electron chi connectivity index (χ4n) is 2.73. The average Bonchev–Trinajstić information content (AvgIpc) is 3.30. The normalized spacial score (nSPS) is 12.4. The molecule has 0 spiro atoms. The summed E-state index contributed by atoms with van der Waals surface area (Å²) in [5.74, 6) is -1.12. The zero-order chi connectivity index (χ0) is 22.1. The van der Waals surface area contributed by atoms with Gasteiger partial charge in [-0.2, -0.15) is 10.4 Å². The van der Waals surface area contributed by atoms with Gasteiger partial charge < -0.3 is 14.8 Å². The lowest BCUT2D eigenvalue weighted by atomic mass is 10.1. The lowest BCUT2D eigenvalue weighted by Crippen LogP contribution is -2.36. The van der Waals surface area contributed by atoms with E-state index in [0.29, 0.717) is 17.8 Å². The van der Waals surface area contributed by atoms with Crippen molar-refractivity contribution in [2.45, 2.75) is 39.0 Å². The highest BCUT2D eigenvalue weighted by Crippen LogP contribution is 2.26. The van der Waals surface area contributed by atoms with Crippen LogP contribution >= 0.6 is 11.6 Å². The Kier molecular flexibility index (Phi) is 5.92. The predicted molar refractivity (Wildman–Crippen MR) is 106 cm³/mol. The summed E-state index contributed by atoms with van der Waals surface area (Å²) in [6.07, 6.45) is 2.87. The SMILES string of the molecule is CC(Cn1ccc(-c2cc(F)c(C#N)c(Cl)c2)n1)NC(=O)c1coc(C(C)(C)O)n1. The lowest BCUT2D eigenvalue weighted by molar-refractivity contribution is 0.0483. The van der Waals surface area contributed by atoms with Crippen molar-refractivity contribution in [3.05, 3.63) is 58.6 Å². The maximum absolute atomic E-state index is 14.0. The summed E-state index contributed by atoms with van der Waals surface area (Å²) in [7, 11) is 0. The third-order valence-corrected chi connectivity index (χ3v) is 4.49. The van der Waals surface area contributed by atoms with Crippen LogP contribution in [0, 0.1) is 17.1 Å². The topological polar surface area (TPSA) is 117 Å². The zero-order valence-electron chi connectivity index (χ0n) is 16.5. The van der Waals surface area contributed by atoms with E-state index >= 15 is 0 Å². The highest BCUT2D eigenvalue weighted by Gasteiger charge is 2.25. The molecule has 1 aromatic carbocycles.